The van der Waals surface area contributed by atoms with Crippen LogP contribution in [0.5, 0.6) is 11.5 Å². The molecule has 0 spiro atoms. The van der Waals surface area contributed by atoms with E-state index in [-0.39, 0.29) is 5.97 Å². The molecule has 0 amide bonds. The SMILES string of the molecule is CC(=O)Oc1ccccc1NCc1ccccc1OCc1ccccc1. The van der Waals surface area contributed by atoms with E-state index in [4.69, 9.17) is 9.47 Å². The van der Waals surface area contributed by atoms with Crippen molar-refractivity contribution in [2.75, 3.05) is 5.32 Å². The number of hydrogen-bond acceptors (Lipinski definition) is 4. The van der Waals surface area contributed by atoms with Crippen LogP contribution in [0.3, 0.4) is 0 Å². The molecule has 0 atom stereocenters. The lowest BCUT2D eigenvalue weighted by atomic mass is 10.2. The summed E-state index contributed by atoms with van der Waals surface area (Å²) in [4.78, 5) is 11.2. The molecule has 0 fully saturated rings. The van der Waals surface area contributed by atoms with Gasteiger partial charge in [0.25, 0.3) is 0 Å². The third-order valence-corrected chi connectivity index (χ3v) is 3.82. The Labute approximate surface area is 153 Å². The number of nitrogens with one attached hydrogen (secondary N) is 1. The summed E-state index contributed by atoms with van der Waals surface area (Å²) in [5.74, 6) is 1.00. The van der Waals surface area contributed by atoms with Gasteiger partial charge in [0.1, 0.15) is 12.4 Å². The Morgan fingerprint density at radius 2 is 1.50 bits per heavy atom. The summed E-state index contributed by atoms with van der Waals surface area (Å²) in [5, 5.41) is 3.32. The molecule has 0 aliphatic carbocycles. The molecule has 3 rings (SSSR count). The van der Waals surface area contributed by atoms with Crippen molar-refractivity contribution in [2.45, 2.75) is 20.1 Å². The highest BCUT2D eigenvalue weighted by Gasteiger charge is 2.08. The molecule has 3 aromatic carbocycles. The average molecular weight is 347 g/mol. The number of anilines is 1. The first kappa shape index (κ1) is 17.5. The maximum atomic E-state index is 11.2. The maximum absolute atomic E-state index is 11.2. The van der Waals surface area contributed by atoms with Gasteiger partial charge in [0.15, 0.2) is 5.75 Å². The summed E-state index contributed by atoms with van der Waals surface area (Å²) in [5.41, 5.74) is 2.91. The number of ether oxygens (including phenoxy) is 2. The topological polar surface area (TPSA) is 47.6 Å². The highest BCUT2D eigenvalue weighted by atomic mass is 16.5. The first-order valence-corrected chi connectivity index (χ1v) is 8.48. The smallest absolute Gasteiger partial charge is 0.308 e. The Bertz CT molecular complexity index is 862. The Balaban J connectivity index is 1.68. The van der Waals surface area contributed by atoms with Crippen molar-refractivity contribution in [2.24, 2.45) is 0 Å². The van der Waals surface area contributed by atoms with Crippen LogP contribution in [-0.2, 0) is 17.9 Å². The number of rotatable bonds is 7. The van der Waals surface area contributed by atoms with Gasteiger partial charge in [-0.05, 0) is 23.8 Å². The van der Waals surface area contributed by atoms with E-state index in [0.29, 0.717) is 18.9 Å². The molecule has 0 aliphatic heterocycles. The van der Waals surface area contributed by atoms with Crippen LogP contribution in [-0.4, -0.2) is 5.97 Å². The van der Waals surface area contributed by atoms with Gasteiger partial charge in [0.2, 0.25) is 0 Å². The Morgan fingerprint density at radius 1 is 0.846 bits per heavy atom. The van der Waals surface area contributed by atoms with Gasteiger partial charge in [-0.3, -0.25) is 4.79 Å². The summed E-state index contributed by atoms with van der Waals surface area (Å²) in [6.07, 6.45) is 0. The zero-order chi connectivity index (χ0) is 18.2. The van der Waals surface area contributed by atoms with Crippen LogP contribution >= 0.6 is 0 Å². The number of carbonyl (C=O) groups excluding carboxylic acids is 1. The maximum Gasteiger partial charge on any atom is 0.308 e. The first-order chi connectivity index (χ1) is 12.7. The molecular weight excluding hydrogens is 326 g/mol. The number of benzene rings is 3. The molecule has 0 heterocycles. The monoisotopic (exact) mass is 347 g/mol. The average Bonchev–Trinajstić information content (AvgIpc) is 2.67. The minimum atomic E-state index is -0.342. The zero-order valence-corrected chi connectivity index (χ0v) is 14.6. The third kappa shape index (κ3) is 4.86. The van der Waals surface area contributed by atoms with E-state index in [1.807, 2.05) is 72.8 Å². The minimum Gasteiger partial charge on any atom is -0.489 e. The molecule has 0 unspecified atom stereocenters. The molecule has 4 heteroatoms. The lowest BCUT2D eigenvalue weighted by Crippen LogP contribution is -2.07. The second kappa shape index (κ2) is 8.72. The van der Waals surface area contributed by atoms with Crippen LogP contribution in [0.25, 0.3) is 0 Å². The minimum absolute atomic E-state index is 0.342. The van der Waals surface area contributed by atoms with Crippen molar-refractivity contribution in [1.29, 1.82) is 0 Å². The third-order valence-electron chi connectivity index (χ3n) is 3.82. The van der Waals surface area contributed by atoms with Gasteiger partial charge in [-0.1, -0.05) is 60.7 Å². The normalized spacial score (nSPS) is 10.2. The largest absolute Gasteiger partial charge is 0.489 e. The summed E-state index contributed by atoms with van der Waals surface area (Å²) in [6.45, 7) is 2.47. The van der Waals surface area contributed by atoms with Gasteiger partial charge in [0, 0.05) is 19.0 Å². The van der Waals surface area contributed by atoms with Gasteiger partial charge in [-0.25, -0.2) is 0 Å². The van der Waals surface area contributed by atoms with Crippen LogP contribution in [0, 0.1) is 0 Å². The number of carbonyl (C=O) groups is 1. The van der Waals surface area contributed by atoms with E-state index in [0.717, 1.165) is 22.6 Å². The standard InChI is InChI=1S/C22H21NO3/c1-17(24)26-22-14-8-6-12-20(22)23-15-19-11-5-7-13-21(19)25-16-18-9-3-2-4-10-18/h2-14,23H,15-16H2,1H3. The second-order valence-corrected chi connectivity index (χ2v) is 5.83. The molecule has 0 saturated carbocycles. The van der Waals surface area contributed by atoms with E-state index in [9.17, 15) is 4.79 Å². The Hall–Kier alpha value is -3.27. The zero-order valence-electron chi connectivity index (χ0n) is 14.6. The summed E-state index contributed by atoms with van der Waals surface area (Å²) >= 11 is 0. The number of hydrogen-bond donors (Lipinski definition) is 1. The van der Waals surface area contributed by atoms with Gasteiger partial charge >= 0.3 is 5.97 Å². The van der Waals surface area contributed by atoms with Crippen molar-refractivity contribution < 1.29 is 14.3 Å². The van der Waals surface area contributed by atoms with E-state index in [1.54, 1.807) is 6.07 Å². The van der Waals surface area contributed by atoms with Crippen LogP contribution in [0.1, 0.15) is 18.1 Å². The summed E-state index contributed by atoms with van der Waals surface area (Å²) < 4.78 is 11.2. The second-order valence-electron chi connectivity index (χ2n) is 5.83. The molecule has 4 nitrogen and oxygen atoms in total. The Kier molecular flexibility index (Phi) is 5.88. The molecule has 132 valence electrons. The van der Waals surface area contributed by atoms with Crippen molar-refractivity contribution in [3.63, 3.8) is 0 Å². The fourth-order valence-corrected chi connectivity index (χ4v) is 2.57. The molecule has 1 N–H and O–H groups in total. The molecule has 0 bridgehead atoms. The lowest BCUT2D eigenvalue weighted by molar-refractivity contribution is -0.131. The molecule has 0 radical (unpaired) electrons. The van der Waals surface area contributed by atoms with Crippen molar-refractivity contribution in [3.05, 3.63) is 90.0 Å². The van der Waals surface area contributed by atoms with E-state index in [2.05, 4.69) is 5.32 Å². The van der Waals surface area contributed by atoms with Crippen LogP contribution in [0.15, 0.2) is 78.9 Å². The molecule has 0 aliphatic rings. The quantitative estimate of drug-likeness (QED) is 0.492. The van der Waals surface area contributed by atoms with Gasteiger partial charge < -0.3 is 14.8 Å². The van der Waals surface area contributed by atoms with E-state index >= 15 is 0 Å². The fraction of sp³-hybridized carbons (Fsp3) is 0.136. The molecule has 3 aromatic rings. The van der Waals surface area contributed by atoms with Gasteiger partial charge in [-0.2, -0.15) is 0 Å². The molecular formula is C22H21NO3. The molecule has 26 heavy (non-hydrogen) atoms. The van der Waals surface area contributed by atoms with Crippen molar-refractivity contribution in [1.82, 2.24) is 0 Å². The van der Waals surface area contributed by atoms with E-state index < -0.39 is 0 Å². The van der Waals surface area contributed by atoms with Crippen molar-refractivity contribution in [3.8, 4) is 11.5 Å². The summed E-state index contributed by atoms with van der Waals surface area (Å²) in [7, 11) is 0. The first-order valence-electron chi connectivity index (χ1n) is 8.48. The van der Waals surface area contributed by atoms with Crippen LogP contribution < -0.4 is 14.8 Å². The van der Waals surface area contributed by atoms with Gasteiger partial charge in [0.05, 0.1) is 5.69 Å². The van der Waals surface area contributed by atoms with Crippen LogP contribution in [0.4, 0.5) is 5.69 Å². The van der Waals surface area contributed by atoms with E-state index in [1.165, 1.54) is 6.92 Å². The number of para-hydroxylation sites is 3. The fourth-order valence-electron chi connectivity index (χ4n) is 2.57. The lowest BCUT2D eigenvalue weighted by Gasteiger charge is -2.14. The van der Waals surface area contributed by atoms with Gasteiger partial charge in [-0.15, -0.1) is 0 Å². The molecule has 0 aromatic heterocycles. The van der Waals surface area contributed by atoms with Crippen LogP contribution in [0.2, 0.25) is 0 Å². The Morgan fingerprint density at radius 3 is 2.27 bits per heavy atom. The highest BCUT2D eigenvalue weighted by Crippen LogP contribution is 2.26. The predicted molar refractivity (Wildman–Crippen MR) is 102 cm³/mol. The molecule has 0 saturated heterocycles. The predicted octanol–water partition coefficient (Wildman–Crippen LogP) is 4.80. The van der Waals surface area contributed by atoms with Crippen molar-refractivity contribution >= 4 is 11.7 Å². The summed E-state index contributed by atoms with van der Waals surface area (Å²) in [6, 6.07) is 25.3. The highest BCUT2D eigenvalue weighted by molar-refractivity contribution is 5.72. The number of esters is 1.